The molecular formula is C24H25N7O5S. The molecule has 0 radical (unpaired) electrons. The fourth-order valence-corrected chi connectivity index (χ4v) is 5.53. The van der Waals surface area contributed by atoms with Gasteiger partial charge in [-0.1, -0.05) is 6.08 Å². The van der Waals surface area contributed by atoms with E-state index in [-0.39, 0.29) is 29.2 Å². The third-order valence-electron chi connectivity index (χ3n) is 7.12. The van der Waals surface area contributed by atoms with Crippen molar-refractivity contribution in [3.05, 3.63) is 57.1 Å². The SMILES string of the molecule is C=CCn1c(O)c(C=Nc2ccc3c(c2)CC2(C(=O)NC(=O)NC2=O)C2CN(C)CCN32)c(=O)[nH]c1=S. The summed E-state index contributed by atoms with van der Waals surface area (Å²) in [5, 5.41) is 15.1. The van der Waals surface area contributed by atoms with Gasteiger partial charge in [0.15, 0.2) is 10.2 Å². The monoisotopic (exact) mass is 523 g/mol. The van der Waals surface area contributed by atoms with E-state index in [1.54, 1.807) is 12.1 Å². The molecule has 5 rings (SSSR count). The highest BCUT2D eigenvalue weighted by Crippen LogP contribution is 2.45. The molecule has 1 aromatic carbocycles. The molecule has 1 spiro atoms. The van der Waals surface area contributed by atoms with E-state index in [2.05, 4.69) is 32.1 Å². The minimum Gasteiger partial charge on any atom is -0.494 e. The van der Waals surface area contributed by atoms with Crippen molar-refractivity contribution >= 4 is 47.7 Å². The number of nitrogens with zero attached hydrogens (tertiary/aromatic N) is 4. The molecular weight excluding hydrogens is 498 g/mol. The van der Waals surface area contributed by atoms with Gasteiger partial charge in [-0.3, -0.25) is 39.6 Å². The van der Waals surface area contributed by atoms with Crippen molar-refractivity contribution in [1.82, 2.24) is 25.1 Å². The standard InChI is InChI=1S/C24H25N7O5S/c1-3-6-31-19(33)15(18(32)26-23(31)37)11-25-14-4-5-16-13(9-14)10-24(17-12-29(2)7-8-30(16)17)20(34)27-22(36)28-21(24)35/h3-5,9,11,17,33H,1,6-8,10,12H2,2H3,(H,26,32,37)(H2,27,28,34,35,36). The number of rotatable bonds is 4. The van der Waals surface area contributed by atoms with Crippen LogP contribution in [-0.4, -0.2) is 76.3 Å². The van der Waals surface area contributed by atoms with Gasteiger partial charge < -0.3 is 14.9 Å². The van der Waals surface area contributed by atoms with E-state index in [0.29, 0.717) is 24.3 Å². The Bertz CT molecular complexity index is 1470. The van der Waals surface area contributed by atoms with Crippen LogP contribution in [0.25, 0.3) is 0 Å². The number of nitrogens with one attached hydrogen (secondary N) is 3. The Kier molecular flexibility index (Phi) is 6.04. The van der Waals surface area contributed by atoms with E-state index in [1.165, 1.54) is 16.9 Å². The Labute approximate surface area is 216 Å². The van der Waals surface area contributed by atoms with E-state index in [0.717, 1.165) is 12.2 Å². The second-order valence-electron chi connectivity index (χ2n) is 9.32. The zero-order chi connectivity index (χ0) is 26.5. The van der Waals surface area contributed by atoms with Crippen molar-refractivity contribution in [2.45, 2.75) is 19.0 Å². The number of hydrogen-bond acceptors (Lipinski definition) is 9. The number of H-pyrrole nitrogens is 1. The molecule has 37 heavy (non-hydrogen) atoms. The Morgan fingerprint density at radius 1 is 1.22 bits per heavy atom. The van der Waals surface area contributed by atoms with Gasteiger partial charge in [-0.25, -0.2) is 4.79 Å². The number of fused-ring (bicyclic) bond motifs is 4. The number of amides is 4. The third-order valence-corrected chi connectivity index (χ3v) is 7.44. The molecule has 4 heterocycles. The van der Waals surface area contributed by atoms with Crippen LogP contribution in [0.1, 0.15) is 11.1 Å². The molecule has 0 aliphatic carbocycles. The van der Waals surface area contributed by atoms with E-state index in [9.17, 15) is 24.3 Å². The van der Waals surface area contributed by atoms with Gasteiger partial charge in [0.25, 0.3) is 5.56 Å². The van der Waals surface area contributed by atoms with Gasteiger partial charge in [-0.2, -0.15) is 0 Å². The van der Waals surface area contributed by atoms with Gasteiger partial charge in [0.05, 0.1) is 11.7 Å². The number of barbiturate groups is 1. The van der Waals surface area contributed by atoms with Crippen LogP contribution in [0.5, 0.6) is 5.88 Å². The molecule has 2 saturated heterocycles. The maximum absolute atomic E-state index is 13.2. The predicted molar refractivity (Wildman–Crippen MR) is 138 cm³/mol. The summed E-state index contributed by atoms with van der Waals surface area (Å²) in [5.74, 6) is -1.59. The predicted octanol–water partition coefficient (Wildman–Crippen LogP) is 0.577. The fraction of sp³-hybridized carbons (Fsp3) is 0.333. The topological polar surface area (TPSA) is 152 Å². The number of aromatic amines is 1. The number of urea groups is 1. The zero-order valence-electron chi connectivity index (χ0n) is 20.0. The molecule has 0 saturated carbocycles. The average molecular weight is 524 g/mol. The molecule has 13 heteroatoms. The van der Waals surface area contributed by atoms with Crippen molar-refractivity contribution in [3.63, 3.8) is 0 Å². The van der Waals surface area contributed by atoms with E-state index in [4.69, 9.17) is 12.2 Å². The number of anilines is 1. The number of carbonyl (C=O) groups is 3. The molecule has 2 fully saturated rings. The zero-order valence-corrected chi connectivity index (χ0v) is 20.8. The number of piperazine rings is 1. The van der Waals surface area contributed by atoms with Crippen LogP contribution < -0.4 is 21.1 Å². The van der Waals surface area contributed by atoms with Crippen molar-refractivity contribution in [1.29, 1.82) is 0 Å². The highest BCUT2D eigenvalue weighted by atomic mass is 32.1. The first-order valence-electron chi connectivity index (χ1n) is 11.6. The lowest BCUT2D eigenvalue weighted by atomic mass is 9.68. The second-order valence-corrected chi connectivity index (χ2v) is 9.71. The number of aromatic hydroxyl groups is 1. The summed E-state index contributed by atoms with van der Waals surface area (Å²) in [4.78, 5) is 61.6. The Balaban J connectivity index is 1.56. The third kappa shape index (κ3) is 3.96. The Morgan fingerprint density at radius 3 is 2.65 bits per heavy atom. The van der Waals surface area contributed by atoms with Crippen LogP contribution >= 0.6 is 12.2 Å². The molecule has 1 unspecified atom stereocenters. The maximum Gasteiger partial charge on any atom is 0.328 e. The van der Waals surface area contributed by atoms with Gasteiger partial charge in [0.2, 0.25) is 17.7 Å². The van der Waals surface area contributed by atoms with E-state index in [1.807, 2.05) is 18.0 Å². The summed E-state index contributed by atoms with van der Waals surface area (Å²) in [6, 6.07) is 4.07. The van der Waals surface area contributed by atoms with Crippen LogP contribution in [0.2, 0.25) is 0 Å². The lowest BCUT2D eigenvalue weighted by Gasteiger charge is -2.53. The summed E-state index contributed by atoms with van der Waals surface area (Å²) >= 11 is 5.10. The number of allylic oxidation sites excluding steroid dienone is 1. The summed E-state index contributed by atoms with van der Waals surface area (Å²) < 4.78 is 1.37. The second kappa shape index (κ2) is 9.09. The summed E-state index contributed by atoms with van der Waals surface area (Å²) in [5.41, 5.74) is -0.137. The number of aromatic nitrogens is 2. The fourth-order valence-electron chi connectivity index (χ4n) is 5.28. The van der Waals surface area contributed by atoms with Crippen molar-refractivity contribution in [3.8, 4) is 5.88 Å². The van der Waals surface area contributed by atoms with Crippen molar-refractivity contribution < 1.29 is 19.5 Å². The first kappa shape index (κ1) is 24.6. The maximum atomic E-state index is 13.2. The van der Waals surface area contributed by atoms with Gasteiger partial charge in [-0.05, 0) is 49.4 Å². The van der Waals surface area contributed by atoms with Crippen LogP contribution in [0.15, 0.2) is 40.6 Å². The molecule has 3 aliphatic rings. The minimum absolute atomic E-state index is 0.0582. The number of benzene rings is 1. The van der Waals surface area contributed by atoms with Crippen molar-refractivity contribution in [2.75, 3.05) is 31.6 Å². The van der Waals surface area contributed by atoms with Gasteiger partial charge in [-0.15, -0.1) is 6.58 Å². The molecule has 4 amide bonds. The largest absolute Gasteiger partial charge is 0.494 e. The molecule has 0 bridgehead atoms. The molecule has 192 valence electrons. The Hall–Kier alpha value is -4.10. The number of aliphatic imine (C=N–C) groups is 1. The van der Waals surface area contributed by atoms with Crippen LogP contribution in [-0.2, 0) is 22.6 Å². The summed E-state index contributed by atoms with van der Waals surface area (Å²) in [7, 11) is 1.93. The van der Waals surface area contributed by atoms with Gasteiger partial charge in [0, 0.05) is 38.1 Å². The molecule has 12 nitrogen and oxygen atoms in total. The molecule has 4 N–H and O–H groups in total. The lowest BCUT2D eigenvalue weighted by molar-refractivity contribution is -0.147. The van der Waals surface area contributed by atoms with Gasteiger partial charge >= 0.3 is 6.03 Å². The lowest BCUT2D eigenvalue weighted by Crippen LogP contribution is -2.74. The first-order valence-corrected chi connectivity index (χ1v) is 12.0. The van der Waals surface area contributed by atoms with E-state index >= 15 is 0 Å². The summed E-state index contributed by atoms with van der Waals surface area (Å²) in [6.45, 7) is 5.62. The van der Waals surface area contributed by atoms with Crippen LogP contribution in [0, 0.1) is 10.2 Å². The smallest absolute Gasteiger partial charge is 0.328 e. The van der Waals surface area contributed by atoms with Crippen LogP contribution in [0.3, 0.4) is 0 Å². The number of likely N-dealkylation sites (N-methyl/N-ethyl adjacent to an activating group) is 1. The van der Waals surface area contributed by atoms with Crippen molar-refractivity contribution in [2.24, 2.45) is 10.4 Å². The number of hydrogen-bond donors (Lipinski definition) is 4. The van der Waals surface area contributed by atoms with E-state index < -0.39 is 34.9 Å². The summed E-state index contributed by atoms with van der Waals surface area (Å²) in [6.07, 6.45) is 2.84. The molecule has 3 aliphatic heterocycles. The molecule has 2 aromatic rings. The molecule has 1 atom stereocenters. The highest BCUT2D eigenvalue weighted by Gasteiger charge is 2.60. The normalized spacial score (nSPS) is 20.9. The first-order chi connectivity index (χ1) is 17.6. The number of carbonyl (C=O) groups excluding carboxylic acids is 3. The highest BCUT2D eigenvalue weighted by molar-refractivity contribution is 7.71. The average Bonchev–Trinajstić information content (AvgIpc) is 2.84. The number of imide groups is 2. The minimum atomic E-state index is -1.50. The molecule has 1 aromatic heterocycles. The van der Waals surface area contributed by atoms with Crippen LogP contribution in [0.4, 0.5) is 16.2 Å². The van der Waals surface area contributed by atoms with Gasteiger partial charge in [0.1, 0.15) is 5.56 Å². The quantitative estimate of drug-likeness (QED) is 0.197. The Morgan fingerprint density at radius 2 is 1.95 bits per heavy atom.